The largest absolute Gasteiger partial charge is 0.318 e. The summed E-state index contributed by atoms with van der Waals surface area (Å²) in [5.74, 6) is -0.263. The molecular formula is C23H23FN2O. The molecule has 0 spiro atoms. The Morgan fingerprint density at radius 2 is 1.89 bits per heavy atom. The molecule has 138 valence electrons. The second-order valence-corrected chi connectivity index (χ2v) is 8.12. The van der Waals surface area contributed by atoms with E-state index in [9.17, 15) is 9.18 Å². The lowest BCUT2D eigenvalue weighted by molar-refractivity contribution is 0.484. The number of hydrogen-bond donors (Lipinski definition) is 0. The molecule has 1 aromatic heterocycles. The molecule has 2 aromatic rings. The summed E-state index contributed by atoms with van der Waals surface area (Å²) in [5, 5.41) is 0. The van der Waals surface area contributed by atoms with Crippen molar-refractivity contribution in [2.24, 2.45) is 17.5 Å². The van der Waals surface area contributed by atoms with E-state index in [2.05, 4.69) is 26.0 Å². The zero-order valence-corrected chi connectivity index (χ0v) is 16.1. The number of halogens is 1. The average Bonchev–Trinajstić information content (AvgIpc) is 2.71. The standard InChI is InChI=1S/C23H23FN2O/c1-14-18-11-21(27)26(4)13-20(18)17-9-10-23(2,3)12-19(17)22(25-14)15-5-7-16(24)8-6-15/h5-9,11-14H,10H2,1-4H3/t14-/m0/s1. The number of aryl methyl sites for hydroxylation is 1. The molecule has 1 aromatic carbocycles. The van der Waals surface area contributed by atoms with E-state index in [1.807, 2.05) is 13.1 Å². The summed E-state index contributed by atoms with van der Waals surface area (Å²) >= 11 is 0. The van der Waals surface area contributed by atoms with Crippen molar-refractivity contribution < 1.29 is 4.39 Å². The molecule has 2 heterocycles. The summed E-state index contributed by atoms with van der Waals surface area (Å²) in [6.45, 7) is 6.41. The van der Waals surface area contributed by atoms with E-state index in [4.69, 9.17) is 4.99 Å². The first-order valence-electron chi connectivity index (χ1n) is 9.24. The van der Waals surface area contributed by atoms with Gasteiger partial charge in [-0.2, -0.15) is 0 Å². The van der Waals surface area contributed by atoms with Gasteiger partial charge in [-0.1, -0.05) is 26.0 Å². The molecule has 1 aliphatic heterocycles. The normalized spacial score (nSPS) is 20.6. The van der Waals surface area contributed by atoms with Crippen LogP contribution in [0.15, 0.2) is 64.0 Å². The Morgan fingerprint density at radius 3 is 2.59 bits per heavy atom. The first-order chi connectivity index (χ1) is 12.7. The van der Waals surface area contributed by atoms with Crippen molar-refractivity contribution in [3.63, 3.8) is 0 Å². The quantitative estimate of drug-likeness (QED) is 0.716. The zero-order valence-electron chi connectivity index (χ0n) is 16.1. The Kier molecular flexibility index (Phi) is 4.02. The highest BCUT2D eigenvalue weighted by Crippen LogP contribution is 2.43. The minimum Gasteiger partial charge on any atom is -0.318 e. The molecule has 1 aliphatic carbocycles. The minimum absolute atomic E-state index is 0.00797. The van der Waals surface area contributed by atoms with E-state index in [0.717, 1.165) is 40.0 Å². The monoisotopic (exact) mass is 362 g/mol. The lowest BCUT2D eigenvalue weighted by atomic mass is 9.76. The summed E-state index contributed by atoms with van der Waals surface area (Å²) in [6.07, 6.45) is 7.33. The molecule has 0 fully saturated rings. The Balaban J connectivity index is 2.00. The van der Waals surface area contributed by atoms with E-state index in [1.54, 1.807) is 29.8 Å². The molecule has 0 radical (unpaired) electrons. The molecule has 0 saturated carbocycles. The fourth-order valence-corrected chi connectivity index (χ4v) is 3.84. The fraction of sp³-hybridized carbons (Fsp3) is 0.304. The number of nitrogens with zero attached hydrogens (tertiary/aromatic N) is 2. The van der Waals surface area contributed by atoms with Gasteiger partial charge in [0.05, 0.1) is 11.8 Å². The van der Waals surface area contributed by atoms with Gasteiger partial charge in [-0.25, -0.2) is 4.39 Å². The van der Waals surface area contributed by atoms with Crippen molar-refractivity contribution in [2.75, 3.05) is 0 Å². The first-order valence-corrected chi connectivity index (χ1v) is 9.24. The molecule has 1 atom stereocenters. The highest BCUT2D eigenvalue weighted by Gasteiger charge is 2.30. The van der Waals surface area contributed by atoms with Crippen LogP contribution in [0.4, 0.5) is 4.39 Å². The number of rotatable bonds is 1. The first kappa shape index (κ1) is 17.7. The molecule has 4 rings (SSSR count). The summed E-state index contributed by atoms with van der Waals surface area (Å²) in [7, 11) is 1.77. The number of allylic oxidation sites excluding steroid dienone is 4. The van der Waals surface area contributed by atoms with Crippen LogP contribution in [0.25, 0.3) is 5.57 Å². The molecule has 0 N–H and O–H groups in total. The summed E-state index contributed by atoms with van der Waals surface area (Å²) in [6, 6.07) is 8.01. The van der Waals surface area contributed by atoms with E-state index in [-0.39, 0.29) is 22.8 Å². The SMILES string of the molecule is C[C@@H]1N=C(c2ccc(F)cc2)C2=CC(C)(C)CC=C2c2cn(C)c(=O)cc21. The van der Waals surface area contributed by atoms with Gasteiger partial charge in [0, 0.05) is 36.0 Å². The molecule has 0 bridgehead atoms. The van der Waals surface area contributed by atoms with Crippen LogP contribution in [0.1, 0.15) is 49.9 Å². The van der Waals surface area contributed by atoms with Crippen LogP contribution < -0.4 is 5.56 Å². The predicted octanol–water partition coefficient (Wildman–Crippen LogP) is 4.83. The zero-order chi connectivity index (χ0) is 19.3. The van der Waals surface area contributed by atoms with Gasteiger partial charge in [0.2, 0.25) is 0 Å². The van der Waals surface area contributed by atoms with Crippen LogP contribution in [0, 0.1) is 11.2 Å². The van der Waals surface area contributed by atoms with Crippen LogP contribution in [0.2, 0.25) is 0 Å². The third-order valence-corrected chi connectivity index (χ3v) is 5.35. The van der Waals surface area contributed by atoms with Crippen LogP contribution in [-0.4, -0.2) is 10.3 Å². The van der Waals surface area contributed by atoms with E-state index >= 15 is 0 Å². The maximum absolute atomic E-state index is 13.5. The Bertz CT molecular complexity index is 1070. The number of pyridine rings is 1. The molecular weight excluding hydrogens is 339 g/mol. The topological polar surface area (TPSA) is 34.4 Å². The highest BCUT2D eigenvalue weighted by atomic mass is 19.1. The Labute approximate surface area is 158 Å². The molecule has 0 unspecified atom stereocenters. The fourth-order valence-electron chi connectivity index (χ4n) is 3.84. The van der Waals surface area contributed by atoms with Gasteiger partial charge in [-0.3, -0.25) is 9.79 Å². The summed E-state index contributed by atoms with van der Waals surface area (Å²) in [5.41, 5.74) is 5.86. The predicted molar refractivity (Wildman–Crippen MR) is 107 cm³/mol. The van der Waals surface area contributed by atoms with Crippen LogP contribution in [0.3, 0.4) is 0 Å². The molecule has 2 aliphatic rings. The number of hydrogen-bond acceptors (Lipinski definition) is 2. The number of aromatic nitrogens is 1. The highest BCUT2D eigenvalue weighted by molar-refractivity contribution is 6.22. The van der Waals surface area contributed by atoms with E-state index in [1.165, 1.54) is 12.1 Å². The Hall–Kier alpha value is -2.75. The van der Waals surface area contributed by atoms with Crippen molar-refractivity contribution in [2.45, 2.75) is 33.2 Å². The van der Waals surface area contributed by atoms with Crippen molar-refractivity contribution in [3.05, 3.63) is 87.1 Å². The van der Waals surface area contributed by atoms with Crippen molar-refractivity contribution in [1.82, 2.24) is 4.57 Å². The van der Waals surface area contributed by atoms with Crippen molar-refractivity contribution >= 4 is 11.3 Å². The molecule has 27 heavy (non-hydrogen) atoms. The lowest BCUT2D eigenvalue weighted by Crippen LogP contribution is -2.20. The number of aliphatic imine (C=N–C) groups is 1. The van der Waals surface area contributed by atoms with E-state index in [0.29, 0.717) is 0 Å². The Morgan fingerprint density at radius 1 is 1.19 bits per heavy atom. The molecule has 0 amide bonds. The summed E-state index contributed by atoms with van der Waals surface area (Å²) in [4.78, 5) is 17.2. The number of benzene rings is 1. The molecule has 0 saturated heterocycles. The maximum Gasteiger partial charge on any atom is 0.250 e. The second-order valence-electron chi connectivity index (χ2n) is 8.12. The molecule has 4 heteroatoms. The van der Waals surface area contributed by atoms with E-state index < -0.39 is 0 Å². The van der Waals surface area contributed by atoms with Gasteiger partial charge >= 0.3 is 0 Å². The lowest BCUT2D eigenvalue weighted by Gasteiger charge is -2.28. The summed E-state index contributed by atoms with van der Waals surface area (Å²) < 4.78 is 15.1. The van der Waals surface area contributed by atoms with Gasteiger partial charge in [-0.05, 0) is 54.2 Å². The molecule has 3 nitrogen and oxygen atoms in total. The van der Waals surface area contributed by atoms with Crippen molar-refractivity contribution in [3.8, 4) is 0 Å². The van der Waals surface area contributed by atoms with Gasteiger partial charge in [0.25, 0.3) is 5.56 Å². The smallest absolute Gasteiger partial charge is 0.250 e. The van der Waals surface area contributed by atoms with Crippen LogP contribution in [0.5, 0.6) is 0 Å². The minimum atomic E-state index is -0.263. The number of fused-ring (bicyclic) bond motifs is 3. The van der Waals surface area contributed by atoms with Crippen LogP contribution >= 0.6 is 0 Å². The van der Waals surface area contributed by atoms with Gasteiger partial charge in [-0.15, -0.1) is 0 Å². The third-order valence-electron chi connectivity index (χ3n) is 5.35. The van der Waals surface area contributed by atoms with Gasteiger partial charge < -0.3 is 4.57 Å². The van der Waals surface area contributed by atoms with Crippen molar-refractivity contribution in [1.29, 1.82) is 0 Å². The maximum atomic E-state index is 13.5. The average molecular weight is 362 g/mol. The van der Waals surface area contributed by atoms with Crippen LogP contribution in [-0.2, 0) is 7.05 Å². The van der Waals surface area contributed by atoms with Gasteiger partial charge in [0.1, 0.15) is 5.82 Å². The van der Waals surface area contributed by atoms with Gasteiger partial charge in [0.15, 0.2) is 0 Å². The third kappa shape index (κ3) is 3.09. The second kappa shape index (κ2) is 6.15.